The molecule has 1 aliphatic rings. The lowest BCUT2D eigenvalue weighted by Gasteiger charge is -2.20. The molecule has 1 N–H and O–H groups in total. The highest BCUT2D eigenvalue weighted by molar-refractivity contribution is 5.78. The Morgan fingerprint density at radius 3 is 2.92 bits per heavy atom. The van der Waals surface area contributed by atoms with Gasteiger partial charge in [-0.15, -0.1) is 0 Å². The van der Waals surface area contributed by atoms with Gasteiger partial charge in [-0.05, 0) is 32.2 Å². The van der Waals surface area contributed by atoms with Gasteiger partial charge in [0, 0.05) is 13.1 Å². The Labute approximate surface area is 80.5 Å². The number of likely N-dealkylation sites (N-methyl/N-ethyl adjacent to an activating group) is 1. The number of amides is 1. The van der Waals surface area contributed by atoms with Crippen molar-refractivity contribution in [3.05, 3.63) is 0 Å². The first kappa shape index (κ1) is 10.5. The number of carbonyl (C=O) groups excluding carboxylic acids is 1. The van der Waals surface area contributed by atoms with E-state index >= 15 is 0 Å². The van der Waals surface area contributed by atoms with Gasteiger partial charge in [-0.2, -0.15) is 0 Å². The minimum atomic E-state index is 0.247. The van der Waals surface area contributed by atoms with Gasteiger partial charge in [-0.1, -0.05) is 6.92 Å². The van der Waals surface area contributed by atoms with Crippen LogP contribution in [0.4, 0.5) is 0 Å². The largest absolute Gasteiger partial charge is 0.342 e. The molecular formula is C10H20N2O. The Balaban J connectivity index is 2.37. The van der Waals surface area contributed by atoms with Crippen molar-refractivity contribution in [1.29, 1.82) is 0 Å². The van der Waals surface area contributed by atoms with Crippen LogP contribution in [0.3, 0.4) is 0 Å². The van der Waals surface area contributed by atoms with Gasteiger partial charge in [-0.25, -0.2) is 0 Å². The van der Waals surface area contributed by atoms with Gasteiger partial charge in [-0.3, -0.25) is 4.79 Å². The molecule has 0 saturated carbocycles. The number of carbonyl (C=O) groups is 1. The third-order valence-corrected chi connectivity index (χ3v) is 2.70. The van der Waals surface area contributed by atoms with Crippen molar-refractivity contribution in [2.24, 2.45) is 5.92 Å². The molecule has 1 unspecified atom stereocenters. The molecule has 1 saturated heterocycles. The van der Waals surface area contributed by atoms with Crippen molar-refractivity contribution in [3.8, 4) is 0 Å². The fourth-order valence-electron chi connectivity index (χ4n) is 1.78. The molecule has 3 heteroatoms. The molecule has 0 bridgehead atoms. The highest BCUT2D eigenvalue weighted by Gasteiger charge is 2.17. The zero-order chi connectivity index (χ0) is 9.68. The lowest BCUT2D eigenvalue weighted by atomic mass is 10.0. The van der Waals surface area contributed by atoms with E-state index in [9.17, 15) is 4.79 Å². The first-order valence-electron chi connectivity index (χ1n) is 5.16. The molecule has 1 heterocycles. The SMILES string of the molecule is CNCC(=O)N1CCCC(C)CC1. The molecule has 0 aromatic rings. The second-order valence-electron chi connectivity index (χ2n) is 3.95. The van der Waals surface area contributed by atoms with Crippen LogP contribution in [0.25, 0.3) is 0 Å². The molecule has 0 aromatic heterocycles. The van der Waals surface area contributed by atoms with Crippen LogP contribution in [0.2, 0.25) is 0 Å². The van der Waals surface area contributed by atoms with E-state index in [1.165, 1.54) is 6.42 Å². The van der Waals surface area contributed by atoms with Crippen molar-refractivity contribution in [2.75, 3.05) is 26.7 Å². The predicted octanol–water partition coefficient (Wildman–Crippen LogP) is 0.854. The summed E-state index contributed by atoms with van der Waals surface area (Å²) in [6.07, 6.45) is 3.59. The normalized spacial score (nSPS) is 24.2. The van der Waals surface area contributed by atoms with Gasteiger partial charge in [0.15, 0.2) is 0 Å². The maximum absolute atomic E-state index is 11.5. The molecule has 1 amide bonds. The van der Waals surface area contributed by atoms with Crippen LogP contribution in [-0.2, 0) is 4.79 Å². The zero-order valence-corrected chi connectivity index (χ0v) is 8.68. The summed E-state index contributed by atoms with van der Waals surface area (Å²) in [5.74, 6) is 1.03. The molecular weight excluding hydrogens is 164 g/mol. The minimum absolute atomic E-state index is 0.247. The van der Waals surface area contributed by atoms with Crippen LogP contribution in [-0.4, -0.2) is 37.5 Å². The molecule has 1 rings (SSSR count). The number of hydrogen-bond donors (Lipinski definition) is 1. The Morgan fingerprint density at radius 2 is 2.23 bits per heavy atom. The van der Waals surface area contributed by atoms with E-state index in [1.54, 1.807) is 0 Å². The van der Waals surface area contributed by atoms with Gasteiger partial charge in [0.05, 0.1) is 6.54 Å². The molecule has 1 atom stereocenters. The average molecular weight is 184 g/mol. The summed E-state index contributed by atoms with van der Waals surface area (Å²) in [6, 6.07) is 0. The lowest BCUT2D eigenvalue weighted by molar-refractivity contribution is -0.130. The van der Waals surface area contributed by atoms with Gasteiger partial charge in [0.1, 0.15) is 0 Å². The number of nitrogens with zero attached hydrogens (tertiary/aromatic N) is 1. The second-order valence-corrected chi connectivity index (χ2v) is 3.95. The van der Waals surface area contributed by atoms with E-state index in [2.05, 4.69) is 12.2 Å². The van der Waals surface area contributed by atoms with E-state index in [4.69, 9.17) is 0 Å². The molecule has 0 aliphatic carbocycles. The predicted molar refractivity (Wildman–Crippen MR) is 53.5 cm³/mol. The van der Waals surface area contributed by atoms with Crippen molar-refractivity contribution in [2.45, 2.75) is 26.2 Å². The fraction of sp³-hybridized carbons (Fsp3) is 0.900. The van der Waals surface area contributed by atoms with Crippen molar-refractivity contribution < 1.29 is 4.79 Å². The monoisotopic (exact) mass is 184 g/mol. The third-order valence-electron chi connectivity index (χ3n) is 2.70. The summed E-state index contributed by atoms with van der Waals surface area (Å²) < 4.78 is 0. The molecule has 0 radical (unpaired) electrons. The van der Waals surface area contributed by atoms with Crippen LogP contribution < -0.4 is 5.32 Å². The van der Waals surface area contributed by atoms with Crippen LogP contribution in [0, 0.1) is 5.92 Å². The maximum Gasteiger partial charge on any atom is 0.236 e. The molecule has 3 nitrogen and oxygen atoms in total. The smallest absolute Gasteiger partial charge is 0.236 e. The highest BCUT2D eigenvalue weighted by atomic mass is 16.2. The number of nitrogens with one attached hydrogen (secondary N) is 1. The summed E-state index contributed by atoms with van der Waals surface area (Å²) >= 11 is 0. The minimum Gasteiger partial charge on any atom is -0.342 e. The van der Waals surface area contributed by atoms with Gasteiger partial charge < -0.3 is 10.2 Å². The van der Waals surface area contributed by atoms with Crippen LogP contribution in [0.1, 0.15) is 26.2 Å². The summed E-state index contributed by atoms with van der Waals surface area (Å²) in [5, 5.41) is 2.91. The van der Waals surface area contributed by atoms with Gasteiger partial charge >= 0.3 is 0 Å². The van der Waals surface area contributed by atoms with E-state index in [0.29, 0.717) is 6.54 Å². The summed E-state index contributed by atoms with van der Waals surface area (Å²) in [5.41, 5.74) is 0. The van der Waals surface area contributed by atoms with E-state index in [0.717, 1.165) is 31.8 Å². The topological polar surface area (TPSA) is 32.3 Å². The number of rotatable bonds is 2. The number of hydrogen-bond acceptors (Lipinski definition) is 2. The molecule has 13 heavy (non-hydrogen) atoms. The van der Waals surface area contributed by atoms with Crippen LogP contribution in [0.15, 0.2) is 0 Å². The van der Waals surface area contributed by atoms with Crippen LogP contribution in [0.5, 0.6) is 0 Å². The lowest BCUT2D eigenvalue weighted by Crippen LogP contribution is -2.37. The molecule has 0 spiro atoms. The van der Waals surface area contributed by atoms with E-state index < -0.39 is 0 Å². The standard InChI is InChI=1S/C10H20N2O/c1-9-4-3-6-12(7-5-9)10(13)8-11-2/h9,11H,3-8H2,1-2H3. The quantitative estimate of drug-likeness (QED) is 0.690. The second kappa shape index (κ2) is 5.22. The maximum atomic E-state index is 11.5. The van der Waals surface area contributed by atoms with Gasteiger partial charge in [0.25, 0.3) is 0 Å². The Hall–Kier alpha value is -0.570. The molecule has 76 valence electrons. The Kier molecular flexibility index (Phi) is 4.22. The first-order chi connectivity index (χ1) is 6.24. The Bertz CT molecular complexity index is 170. The molecule has 0 aromatic carbocycles. The van der Waals surface area contributed by atoms with Crippen molar-refractivity contribution in [1.82, 2.24) is 10.2 Å². The Morgan fingerprint density at radius 1 is 1.46 bits per heavy atom. The molecule has 1 fully saturated rings. The van der Waals surface area contributed by atoms with Crippen LogP contribution >= 0.6 is 0 Å². The summed E-state index contributed by atoms with van der Waals surface area (Å²) in [4.78, 5) is 13.5. The number of likely N-dealkylation sites (tertiary alicyclic amines) is 1. The zero-order valence-electron chi connectivity index (χ0n) is 8.68. The average Bonchev–Trinajstić information content (AvgIpc) is 2.30. The fourth-order valence-corrected chi connectivity index (χ4v) is 1.78. The van der Waals surface area contributed by atoms with Gasteiger partial charge in [0.2, 0.25) is 5.91 Å². The molecule has 1 aliphatic heterocycles. The van der Waals surface area contributed by atoms with Crippen molar-refractivity contribution in [3.63, 3.8) is 0 Å². The third kappa shape index (κ3) is 3.35. The summed E-state index contributed by atoms with van der Waals surface area (Å²) in [6.45, 7) is 4.65. The van der Waals surface area contributed by atoms with E-state index in [1.807, 2.05) is 11.9 Å². The highest BCUT2D eigenvalue weighted by Crippen LogP contribution is 2.16. The van der Waals surface area contributed by atoms with E-state index in [-0.39, 0.29) is 5.91 Å². The summed E-state index contributed by atoms with van der Waals surface area (Å²) in [7, 11) is 1.82. The first-order valence-corrected chi connectivity index (χ1v) is 5.16. The van der Waals surface area contributed by atoms with Crippen molar-refractivity contribution >= 4 is 5.91 Å².